The van der Waals surface area contributed by atoms with Gasteiger partial charge < -0.3 is 15.7 Å². The number of carboxylic acids is 1. The van der Waals surface area contributed by atoms with Gasteiger partial charge in [0.2, 0.25) is 11.8 Å². The van der Waals surface area contributed by atoms with Crippen LogP contribution >= 0.6 is 0 Å². The third kappa shape index (κ3) is 2.53. The molecule has 0 spiro atoms. The van der Waals surface area contributed by atoms with Crippen molar-refractivity contribution < 1.29 is 24.4 Å². The molecule has 1 aliphatic rings. The predicted molar refractivity (Wildman–Crippen MR) is 69.7 cm³/mol. The van der Waals surface area contributed by atoms with E-state index < -0.39 is 39.9 Å². The topological polar surface area (TPSA) is 144 Å². The molecular formula is C12H11N3O6. The van der Waals surface area contributed by atoms with E-state index >= 15 is 0 Å². The molecule has 9 heteroatoms. The number of nitro groups is 1. The zero-order valence-electron chi connectivity index (χ0n) is 10.7. The molecule has 0 radical (unpaired) electrons. The summed E-state index contributed by atoms with van der Waals surface area (Å²) in [4.78, 5) is 45.5. The summed E-state index contributed by atoms with van der Waals surface area (Å²) < 4.78 is 0. The smallest absolute Gasteiger partial charge is 0.344 e. The fraction of sp³-hybridized carbons (Fsp3) is 0.250. The van der Waals surface area contributed by atoms with E-state index in [2.05, 4.69) is 0 Å². The average Bonchev–Trinajstić information content (AvgIpc) is 2.79. The number of rotatable bonds is 4. The van der Waals surface area contributed by atoms with E-state index in [0.717, 1.165) is 11.0 Å². The van der Waals surface area contributed by atoms with Crippen LogP contribution in [0.4, 0.5) is 11.4 Å². The SMILES string of the molecule is NC(=O)C1CC(=O)N(c2cccc([N+](=O)[O-])c2C(=O)O)C1. The standard InChI is InChI=1S/C12H11N3O6/c13-11(17)6-4-9(16)14(5-6)7-2-1-3-8(15(20)21)10(7)12(18)19/h1-3,6H,4-5H2,(H2,13,17)(H,18,19). The fourth-order valence-electron chi connectivity index (χ4n) is 2.26. The second kappa shape index (κ2) is 5.19. The first kappa shape index (κ1) is 14.4. The number of benzene rings is 1. The van der Waals surface area contributed by atoms with Crippen molar-refractivity contribution in [2.45, 2.75) is 6.42 Å². The van der Waals surface area contributed by atoms with E-state index in [1.807, 2.05) is 0 Å². The maximum atomic E-state index is 11.9. The highest BCUT2D eigenvalue weighted by Gasteiger charge is 2.37. The van der Waals surface area contributed by atoms with Crippen LogP contribution in [0.2, 0.25) is 0 Å². The lowest BCUT2D eigenvalue weighted by molar-refractivity contribution is -0.385. The number of hydrogen-bond donors (Lipinski definition) is 2. The molecule has 9 nitrogen and oxygen atoms in total. The van der Waals surface area contributed by atoms with Crippen LogP contribution in [0.5, 0.6) is 0 Å². The molecule has 0 bridgehead atoms. The highest BCUT2D eigenvalue weighted by molar-refractivity contribution is 6.07. The Morgan fingerprint density at radius 1 is 1.43 bits per heavy atom. The monoisotopic (exact) mass is 293 g/mol. The molecule has 1 atom stereocenters. The van der Waals surface area contributed by atoms with Gasteiger partial charge in [-0.2, -0.15) is 0 Å². The predicted octanol–water partition coefficient (Wildman–Crippen LogP) is 0.131. The van der Waals surface area contributed by atoms with Gasteiger partial charge in [0.15, 0.2) is 5.56 Å². The van der Waals surface area contributed by atoms with Crippen molar-refractivity contribution in [2.24, 2.45) is 11.7 Å². The molecule has 2 rings (SSSR count). The van der Waals surface area contributed by atoms with Gasteiger partial charge in [0.05, 0.1) is 16.5 Å². The van der Waals surface area contributed by atoms with E-state index in [9.17, 15) is 29.6 Å². The number of hydrogen-bond acceptors (Lipinski definition) is 5. The van der Waals surface area contributed by atoms with Crippen molar-refractivity contribution in [3.63, 3.8) is 0 Å². The van der Waals surface area contributed by atoms with Crippen molar-refractivity contribution in [2.75, 3.05) is 11.4 Å². The first-order valence-electron chi connectivity index (χ1n) is 5.93. The van der Waals surface area contributed by atoms with Crippen LogP contribution < -0.4 is 10.6 Å². The Labute approximate surface area is 118 Å². The number of aromatic carboxylic acids is 1. The van der Waals surface area contributed by atoms with Crippen LogP contribution in [0.1, 0.15) is 16.8 Å². The zero-order chi connectivity index (χ0) is 15.7. The maximum absolute atomic E-state index is 11.9. The molecule has 21 heavy (non-hydrogen) atoms. The van der Waals surface area contributed by atoms with Crippen LogP contribution in [0.3, 0.4) is 0 Å². The first-order chi connectivity index (χ1) is 9.82. The normalized spacial score (nSPS) is 17.8. The van der Waals surface area contributed by atoms with Gasteiger partial charge in [0, 0.05) is 19.0 Å². The van der Waals surface area contributed by atoms with E-state index in [1.54, 1.807) is 0 Å². The number of nitro benzene ring substituents is 1. The number of nitrogens with two attached hydrogens (primary N) is 1. The van der Waals surface area contributed by atoms with Crippen molar-refractivity contribution >= 4 is 29.2 Å². The van der Waals surface area contributed by atoms with Crippen molar-refractivity contribution in [3.8, 4) is 0 Å². The van der Waals surface area contributed by atoms with Crippen molar-refractivity contribution in [3.05, 3.63) is 33.9 Å². The number of carbonyl (C=O) groups is 3. The molecule has 1 heterocycles. The Morgan fingerprint density at radius 2 is 2.10 bits per heavy atom. The summed E-state index contributed by atoms with van der Waals surface area (Å²) >= 11 is 0. The minimum absolute atomic E-state index is 0.0877. The fourth-order valence-corrected chi connectivity index (χ4v) is 2.26. The summed E-state index contributed by atoms with van der Waals surface area (Å²) in [5.74, 6) is -3.43. The summed E-state index contributed by atoms with van der Waals surface area (Å²) in [6.45, 7) is -0.0877. The van der Waals surface area contributed by atoms with Crippen LogP contribution in [-0.4, -0.2) is 34.4 Å². The molecular weight excluding hydrogens is 282 g/mol. The first-order valence-corrected chi connectivity index (χ1v) is 5.93. The molecule has 1 unspecified atom stereocenters. The van der Waals surface area contributed by atoms with Gasteiger partial charge in [0.25, 0.3) is 5.69 Å². The Morgan fingerprint density at radius 3 is 2.57 bits per heavy atom. The minimum atomic E-state index is -1.52. The molecule has 2 amide bonds. The van der Waals surface area contributed by atoms with Gasteiger partial charge >= 0.3 is 5.97 Å². The van der Waals surface area contributed by atoms with Gasteiger partial charge in [-0.15, -0.1) is 0 Å². The summed E-state index contributed by atoms with van der Waals surface area (Å²) in [7, 11) is 0. The van der Waals surface area contributed by atoms with Crippen molar-refractivity contribution in [1.82, 2.24) is 0 Å². The number of anilines is 1. The number of carbonyl (C=O) groups excluding carboxylic acids is 2. The molecule has 1 aromatic rings. The Balaban J connectivity index is 2.52. The zero-order valence-corrected chi connectivity index (χ0v) is 10.7. The Kier molecular flexibility index (Phi) is 3.57. The second-order valence-corrected chi connectivity index (χ2v) is 4.54. The third-order valence-electron chi connectivity index (χ3n) is 3.25. The van der Waals surface area contributed by atoms with Gasteiger partial charge in [-0.25, -0.2) is 4.79 Å². The van der Waals surface area contributed by atoms with E-state index in [1.165, 1.54) is 12.1 Å². The molecule has 1 saturated heterocycles. The number of amides is 2. The second-order valence-electron chi connectivity index (χ2n) is 4.54. The maximum Gasteiger partial charge on any atom is 0.344 e. The molecule has 1 fully saturated rings. The average molecular weight is 293 g/mol. The molecule has 3 N–H and O–H groups in total. The molecule has 0 aromatic heterocycles. The summed E-state index contributed by atoms with van der Waals surface area (Å²) in [5.41, 5.74) is 3.83. The molecule has 110 valence electrons. The largest absolute Gasteiger partial charge is 0.477 e. The van der Waals surface area contributed by atoms with E-state index in [-0.39, 0.29) is 18.7 Å². The Hall–Kier alpha value is -2.97. The molecule has 0 saturated carbocycles. The third-order valence-corrected chi connectivity index (χ3v) is 3.25. The number of primary amides is 1. The molecule has 0 aliphatic carbocycles. The van der Waals surface area contributed by atoms with Crippen LogP contribution in [0, 0.1) is 16.0 Å². The van der Waals surface area contributed by atoms with E-state index in [4.69, 9.17) is 5.73 Å². The number of carboxylic acid groups (broad SMARTS) is 1. The highest BCUT2D eigenvalue weighted by Crippen LogP contribution is 2.33. The van der Waals surface area contributed by atoms with Gasteiger partial charge in [-0.3, -0.25) is 19.7 Å². The molecule has 1 aromatic carbocycles. The summed E-state index contributed by atoms with van der Waals surface area (Å²) in [6.07, 6.45) is -0.142. The van der Waals surface area contributed by atoms with E-state index in [0.29, 0.717) is 0 Å². The summed E-state index contributed by atoms with van der Waals surface area (Å²) in [5, 5.41) is 20.1. The van der Waals surface area contributed by atoms with Crippen LogP contribution in [0.15, 0.2) is 18.2 Å². The van der Waals surface area contributed by atoms with Gasteiger partial charge in [-0.1, -0.05) is 6.07 Å². The Bertz CT molecular complexity index is 656. The lowest BCUT2D eigenvalue weighted by Gasteiger charge is -2.18. The van der Waals surface area contributed by atoms with Crippen LogP contribution in [-0.2, 0) is 9.59 Å². The van der Waals surface area contributed by atoms with Gasteiger partial charge in [0.1, 0.15) is 0 Å². The molecule has 1 aliphatic heterocycles. The quantitative estimate of drug-likeness (QED) is 0.596. The minimum Gasteiger partial charge on any atom is -0.477 e. The highest BCUT2D eigenvalue weighted by atomic mass is 16.6. The van der Waals surface area contributed by atoms with Crippen LogP contribution in [0.25, 0.3) is 0 Å². The lowest BCUT2D eigenvalue weighted by Crippen LogP contribution is -2.29. The lowest BCUT2D eigenvalue weighted by atomic mass is 10.1. The van der Waals surface area contributed by atoms with Crippen molar-refractivity contribution in [1.29, 1.82) is 0 Å². The summed E-state index contributed by atoms with van der Waals surface area (Å²) in [6, 6.07) is 3.61. The van der Waals surface area contributed by atoms with Gasteiger partial charge in [-0.05, 0) is 6.07 Å². The number of nitrogens with zero attached hydrogens (tertiary/aromatic N) is 2.